The van der Waals surface area contributed by atoms with Crippen LogP contribution < -0.4 is 10.2 Å². The lowest BCUT2D eigenvalue weighted by Crippen LogP contribution is -2.43. The van der Waals surface area contributed by atoms with Crippen molar-refractivity contribution in [3.8, 4) is 0 Å². The van der Waals surface area contributed by atoms with E-state index in [1.807, 2.05) is 6.20 Å². The van der Waals surface area contributed by atoms with Gasteiger partial charge in [0, 0.05) is 24.8 Å². The highest BCUT2D eigenvalue weighted by molar-refractivity contribution is 5.43. The zero-order chi connectivity index (χ0) is 13.8. The van der Waals surface area contributed by atoms with Crippen molar-refractivity contribution in [3.63, 3.8) is 0 Å². The summed E-state index contributed by atoms with van der Waals surface area (Å²) in [5.41, 5.74) is 1.33. The average molecular weight is 261 g/mol. The number of hydrogen-bond donors (Lipinski definition) is 1. The number of piperidine rings is 1. The Morgan fingerprint density at radius 3 is 3.00 bits per heavy atom. The fourth-order valence-electron chi connectivity index (χ4n) is 2.94. The molecule has 0 aliphatic carbocycles. The molecule has 0 radical (unpaired) electrons. The third-order valence-corrected chi connectivity index (χ3v) is 4.45. The molecule has 0 spiro atoms. The molecule has 3 heteroatoms. The highest BCUT2D eigenvalue weighted by Gasteiger charge is 2.25. The van der Waals surface area contributed by atoms with Gasteiger partial charge in [-0.25, -0.2) is 4.98 Å². The van der Waals surface area contributed by atoms with Crippen LogP contribution in [0.1, 0.15) is 52.1 Å². The van der Waals surface area contributed by atoms with Gasteiger partial charge in [-0.1, -0.05) is 13.8 Å². The number of rotatable bonds is 4. The standard InChI is InChI=1S/C16H27N3/c1-5-17-13(3)15-8-9-18-16(11-15)19-10-6-7-12(2)14(19)4/h8-9,11-14,17H,5-7,10H2,1-4H3. The van der Waals surface area contributed by atoms with Gasteiger partial charge in [-0.2, -0.15) is 0 Å². The number of anilines is 1. The van der Waals surface area contributed by atoms with E-state index in [0.29, 0.717) is 12.1 Å². The first-order valence-electron chi connectivity index (χ1n) is 7.59. The third-order valence-electron chi connectivity index (χ3n) is 4.45. The fraction of sp³-hybridized carbons (Fsp3) is 0.688. The summed E-state index contributed by atoms with van der Waals surface area (Å²) in [5, 5.41) is 3.47. The van der Waals surface area contributed by atoms with E-state index in [1.165, 1.54) is 18.4 Å². The SMILES string of the molecule is CCNC(C)c1ccnc(N2CCCC(C)C2C)c1. The maximum Gasteiger partial charge on any atom is 0.129 e. The van der Waals surface area contributed by atoms with Crippen LogP contribution in [0.15, 0.2) is 18.3 Å². The summed E-state index contributed by atoms with van der Waals surface area (Å²) in [6, 6.07) is 5.35. The molecule has 1 aliphatic heterocycles. The number of aromatic nitrogens is 1. The van der Waals surface area contributed by atoms with Crippen LogP contribution in [0.4, 0.5) is 5.82 Å². The maximum atomic E-state index is 4.59. The summed E-state index contributed by atoms with van der Waals surface area (Å²) in [7, 11) is 0. The smallest absolute Gasteiger partial charge is 0.129 e. The van der Waals surface area contributed by atoms with Crippen LogP contribution in [0.5, 0.6) is 0 Å². The largest absolute Gasteiger partial charge is 0.354 e. The Bertz CT molecular complexity index is 405. The normalized spacial score (nSPS) is 25.4. The Morgan fingerprint density at radius 2 is 2.26 bits per heavy atom. The Hall–Kier alpha value is -1.09. The second-order valence-electron chi connectivity index (χ2n) is 5.78. The first-order chi connectivity index (χ1) is 9.13. The highest BCUT2D eigenvalue weighted by atomic mass is 15.2. The van der Waals surface area contributed by atoms with E-state index in [9.17, 15) is 0 Å². The highest BCUT2D eigenvalue weighted by Crippen LogP contribution is 2.28. The zero-order valence-corrected chi connectivity index (χ0v) is 12.7. The third kappa shape index (κ3) is 3.27. The molecule has 106 valence electrons. The first-order valence-corrected chi connectivity index (χ1v) is 7.59. The topological polar surface area (TPSA) is 28.2 Å². The molecule has 0 aromatic carbocycles. The van der Waals surface area contributed by atoms with E-state index in [0.717, 1.165) is 24.8 Å². The molecule has 0 saturated carbocycles. The Balaban J connectivity index is 2.18. The van der Waals surface area contributed by atoms with Gasteiger partial charge in [0.15, 0.2) is 0 Å². The lowest BCUT2D eigenvalue weighted by Gasteiger charge is -2.39. The molecular weight excluding hydrogens is 234 g/mol. The molecule has 0 amide bonds. The molecular formula is C16H27N3. The molecule has 3 atom stereocenters. The van der Waals surface area contributed by atoms with Crippen LogP contribution >= 0.6 is 0 Å². The quantitative estimate of drug-likeness (QED) is 0.900. The van der Waals surface area contributed by atoms with Crippen molar-refractivity contribution in [1.29, 1.82) is 0 Å². The Morgan fingerprint density at radius 1 is 1.47 bits per heavy atom. The molecule has 1 fully saturated rings. The number of pyridine rings is 1. The van der Waals surface area contributed by atoms with E-state index in [2.05, 4.69) is 55.0 Å². The molecule has 1 aliphatic rings. The van der Waals surface area contributed by atoms with Crippen molar-refractivity contribution in [2.24, 2.45) is 5.92 Å². The zero-order valence-electron chi connectivity index (χ0n) is 12.7. The van der Waals surface area contributed by atoms with Gasteiger partial charge in [0.05, 0.1) is 0 Å². The number of nitrogens with zero attached hydrogens (tertiary/aromatic N) is 2. The van der Waals surface area contributed by atoms with E-state index >= 15 is 0 Å². The average Bonchev–Trinajstić information content (AvgIpc) is 2.42. The van der Waals surface area contributed by atoms with Gasteiger partial charge >= 0.3 is 0 Å². The summed E-state index contributed by atoms with van der Waals surface area (Å²) in [4.78, 5) is 7.06. The summed E-state index contributed by atoms with van der Waals surface area (Å²) < 4.78 is 0. The van der Waals surface area contributed by atoms with Crippen molar-refractivity contribution in [2.75, 3.05) is 18.0 Å². The summed E-state index contributed by atoms with van der Waals surface area (Å²) in [6.45, 7) is 11.2. The van der Waals surface area contributed by atoms with E-state index < -0.39 is 0 Å². The van der Waals surface area contributed by atoms with Crippen LogP contribution in [0, 0.1) is 5.92 Å². The van der Waals surface area contributed by atoms with Crippen molar-refractivity contribution >= 4 is 5.82 Å². The van der Waals surface area contributed by atoms with Gasteiger partial charge in [0.25, 0.3) is 0 Å². The lowest BCUT2D eigenvalue weighted by atomic mass is 9.92. The van der Waals surface area contributed by atoms with E-state index in [1.54, 1.807) is 0 Å². The minimum Gasteiger partial charge on any atom is -0.354 e. The van der Waals surface area contributed by atoms with Crippen molar-refractivity contribution in [1.82, 2.24) is 10.3 Å². The maximum absolute atomic E-state index is 4.59. The number of hydrogen-bond acceptors (Lipinski definition) is 3. The first kappa shape index (κ1) is 14.3. The van der Waals surface area contributed by atoms with Crippen LogP contribution in [-0.4, -0.2) is 24.1 Å². The molecule has 3 nitrogen and oxygen atoms in total. The molecule has 2 heterocycles. The van der Waals surface area contributed by atoms with Crippen LogP contribution in [0.25, 0.3) is 0 Å². The van der Waals surface area contributed by atoms with Gasteiger partial charge in [0.2, 0.25) is 0 Å². The van der Waals surface area contributed by atoms with Crippen molar-refractivity contribution in [3.05, 3.63) is 23.9 Å². The second-order valence-corrected chi connectivity index (χ2v) is 5.78. The van der Waals surface area contributed by atoms with Gasteiger partial charge in [0.1, 0.15) is 5.82 Å². The van der Waals surface area contributed by atoms with Gasteiger partial charge in [-0.05, 0) is 56.8 Å². The molecule has 3 unspecified atom stereocenters. The predicted octanol–water partition coefficient (Wildman–Crippen LogP) is 3.38. The second kappa shape index (κ2) is 6.38. The molecule has 1 aromatic rings. The van der Waals surface area contributed by atoms with Crippen LogP contribution in [-0.2, 0) is 0 Å². The summed E-state index contributed by atoms with van der Waals surface area (Å²) in [5.74, 6) is 1.90. The van der Waals surface area contributed by atoms with Crippen molar-refractivity contribution in [2.45, 2.75) is 52.6 Å². The monoisotopic (exact) mass is 261 g/mol. The van der Waals surface area contributed by atoms with Gasteiger partial charge in [-0.15, -0.1) is 0 Å². The lowest BCUT2D eigenvalue weighted by molar-refractivity contribution is 0.361. The summed E-state index contributed by atoms with van der Waals surface area (Å²) >= 11 is 0. The summed E-state index contributed by atoms with van der Waals surface area (Å²) in [6.07, 6.45) is 4.57. The van der Waals surface area contributed by atoms with Crippen molar-refractivity contribution < 1.29 is 0 Å². The molecule has 1 saturated heterocycles. The minimum absolute atomic E-state index is 0.393. The fourth-order valence-corrected chi connectivity index (χ4v) is 2.94. The molecule has 1 N–H and O–H groups in total. The number of nitrogens with one attached hydrogen (secondary N) is 1. The predicted molar refractivity (Wildman–Crippen MR) is 81.5 cm³/mol. The molecule has 1 aromatic heterocycles. The minimum atomic E-state index is 0.393. The Labute approximate surface area is 117 Å². The molecule has 0 bridgehead atoms. The Kier molecular flexibility index (Phi) is 4.81. The molecule has 2 rings (SSSR count). The van der Waals surface area contributed by atoms with Crippen LogP contribution in [0.3, 0.4) is 0 Å². The van der Waals surface area contributed by atoms with E-state index in [-0.39, 0.29) is 0 Å². The van der Waals surface area contributed by atoms with Gasteiger partial charge in [-0.3, -0.25) is 0 Å². The van der Waals surface area contributed by atoms with E-state index in [4.69, 9.17) is 0 Å². The van der Waals surface area contributed by atoms with Gasteiger partial charge < -0.3 is 10.2 Å². The van der Waals surface area contributed by atoms with Crippen LogP contribution in [0.2, 0.25) is 0 Å². The molecule has 19 heavy (non-hydrogen) atoms.